The molecule has 1 N–H and O–H groups in total. The quantitative estimate of drug-likeness (QED) is 0.744. The molecule has 0 saturated carbocycles. The van der Waals surface area contributed by atoms with Crippen LogP contribution in [0.5, 0.6) is 0 Å². The molecule has 0 bridgehead atoms. The van der Waals surface area contributed by atoms with Crippen molar-refractivity contribution in [3.63, 3.8) is 0 Å². The molecule has 0 aliphatic rings. The van der Waals surface area contributed by atoms with Gasteiger partial charge in [0.25, 0.3) is 0 Å². The number of rotatable bonds is 6. The van der Waals surface area contributed by atoms with Crippen LogP contribution in [0.1, 0.15) is 34.6 Å². The van der Waals surface area contributed by atoms with E-state index in [1.807, 2.05) is 13.8 Å². The van der Waals surface area contributed by atoms with Gasteiger partial charge >= 0.3 is 0 Å². The van der Waals surface area contributed by atoms with Crippen molar-refractivity contribution in [1.82, 2.24) is 10.2 Å². The number of hydrogen-bond donors (Lipinski definition) is 1. The van der Waals surface area contributed by atoms with Gasteiger partial charge in [-0.25, -0.2) is 0 Å². The molecule has 0 atom stereocenters. The maximum absolute atomic E-state index is 11.3. The summed E-state index contributed by atoms with van der Waals surface area (Å²) in [6, 6.07) is 0. The summed E-state index contributed by atoms with van der Waals surface area (Å²) in [7, 11) is 0. The van der Waals surface area contributed by atoms with Crippen molar-refractivity contribution in [2.45, 2.75) is 34.6 Å². The third-order valence-electron chi connectivity index (χ3n) is 2.24. The Morgan fingerprint density at radius 3 is 2.12 bits per heavy atom. The van der Waals surface area contributed by atoms with Crippen molar-refractivity contribution in [3.05, 3.63) is 0 Å². The minimum Gasteiger partial charge on any atom is -0.354 e. The molecule has 94 valence electrons. The maximum atomic E-state index is 11.3. The molecule has 0 aromatic carbocycles. The Kier molecular flexibility index (Phi) is 6.77. The summed E-state index contributed by atoms with van der Waals surface area (Å²) in [6.07, 6.45) is 0. The van der Waals surface area contributed by atoms with Gasteiger partial charge in [-0.15, -0.1) is 0 Å². The van der Waals surface area contributed by atoms with Crippen LogP contribution in [-0.4, -0.2) is 36.3 Å². The predicted molar refractivity (Wildman–Crippen MR) is 64.9 cm³/mol. The number of amides is 2. The third kappa shape index (κ3) is 6.43. The second-order valence-electron chi connectivity index (χ2n) is 4.80. The Hall–Kier alpha value is -1.06. The average Bonchev–Trinajstić information content (AvgIpc) is 2.14. The second kappa shape index (κ2) is 7.25. The van der Waals surface area contributed by atoms with E-state index in [4.69, 9.17) is 0 Å². The van der Waals surface area contributed by atoms with E-state index in [2.05, 4.69) is 19.2 Å². The van der Waals surface area contributed by atoms with Gasteiger partial charge in [0.2, 0.25) is 11.8 Å². The largest absolute Gasteiger partial charge is 0.354 e. The van der Waals surface area contributed by atoms with Crippen molar-refractivity contribution in [3.8, 4) is 0 Å². The van der Waals surface area contributed by atoms with Crippen molar-refractivity contribution in [2.75, 3.05) is 19.6 Å². The summed E-state index contributed by atoms with van der Waals surface area (Å²) >= 11 is 0. The molecule has 0 aromatic heterocycles. The highest BCUT2D eigenvalue weighted by Gasteiger charge is 2.11. The first-order valence-corrected chi connectivity index (χ1v) is 5.87. The monoisotopic (exact) mass is 228 g/mol. The number of carbonyl (C=O) groups excluding carboxylic acids is 2. The van der Waals surface area contributed by atoms with E-state index in [1.165, 1.54) is 0 Å². The van der Waals surface area contributed by atoms with Crippen LogP contribution in [-0.2, 0) is 9.59 Å². The van der Waals surface area contributed by atoms with Gasteiger partial charge in [-0.1, -0.05) is 27.7 Å². The van der Waals surface area contributed by atoms with Crippen molar-refractivity contribution in [2.24, 2.45) is 11.8 Å². The first kappa shape index (κ1) is 14.9. The molecule has 0 saturated heterocycles. The van der Waals surface area contributed by atoms with Crippen LogP contribution in [0.15, 0.2) is 0 Å². The lowest BCUT2D eigenvalue weighted by Crippen LogP contribution is -2.40. The lowest BCUT2D eigenvalue weighted by atomic mass is 10.2. The summed E-state index contributed by atoms with van der Waals surface area (Å²) in [4.78, 5) is 24.4. The van der Waals surface area contributed by atoms with Crippen molar-refractivity contribution < 1.29 is 9.59 Å². The minimum absolute atomic E-state index is 0.00382. The molecule has 0 radical (unpaired) electrons. The van der Waals surface area contributed by atoms with Gasteiger partial charge in [0.05, 0.1) is 0 Å². The summed E-state index contributed by atoms with van der Waals surface area (Å²) in [5.41, 5.74) is 0. The van der Waals surface area contributed by atoms with Crippen LogP contribution in [0.4, 0.5) is 0 Å². The van der Waals surface area contributed by atoms with Gasteiger partial charge in [-0.2, -0.15) is 0 Å². The van der Waals surface area contributed by atoms with Crippen LogP contribution in [0.25, 0.3) is 0 Å². The lowest BCUT2D eigenvalue weighted by Gasteiger charge is -2.23. The highest BCUT2D eigenvalue weighted by Crippen LogP contribution is 1.98. The van der Waals surface area contributed by atoms with Crippen molar-refractivity contribution >= 4 is 11.8 Å². The summed E-state index contributed by atoms with van der Waals surface area (Å²) in [5, 5.41) is 2.81. The van der Waals surface area contributed by atoms with Gasteiger partial charge < -0.3 is 10.2 Å². The van der Waals surface area contributed by atoms with Crippen LogP contribution >= 0.6 is 0 Å². The van der Waals surface area contributed by atoms with E-state index >= 15 is 0 Å². The summed E-state index contributed by atoms with van der Waals surface area (Å²) in [6.45, 7) is 11.3. The Morgan fingerprint density at radius 2 is 1.75 bits per heavy atom. The van der Waals surface area contributed by atoms with Crippen LogP contribution < -0.4 is 5.32 Å². The molecule has 2 amide bonds. The minimum atomic E-state index is -0.00382. The molecule has 0 heterocycles. The van der Waals surface area contributed by atoms with Crippen LogP contribution in [0.3, 0.4) is 0 Å². The van der Waals surface area contributed by atoms with E-state index in [9.17, 15) is 9.59 Å². The first-order valence-electron chi connectivity index (χ1n) is 5.87. The van der Waals surface area contributed by atoms with Gasteiger partial charge in [0, 0.05) is 32.5 Å². The normalized spacial score (nSPS) is 10.7. The molecule has 0 aromatic rings. The van der Waals surface area contributed by atoms with E-state index in [0.29, 0.717) is 19.0 Å². The van der Waals surface area contributed by atoms with E-state index in [-0.39, 0.29) is 17.7 Å². The topological polar surface area (TPSA) is 49.4 Å². The fourth-order valence-corrected chi connectivity index (χ4v) is 1.34. The van der Waals surface area contributed by atoms with Crippen LogP contribution in [0, 0.1) is 11.8 Å². The zero-order valence-electron chi connectivity index (χ0n) is 11.0. The Morgan fingerprint density at radius 1 is 1.19 bits per heavy atom. The Bertz CT molecular complexity index is 237. The number of hydrogen-bond acceptors (Lipinski definition) is 2. The Balaban J connectivity index is 3.94. The van der Waals surface area contributed by atoms with Gasteiger partial charge in [-0.3, -0.25) is 9.59 Å². The van der Waals surface area contributed by atoms with Gasteiger partial charge in [0.1, 0.15) is 0 Å². The highest BCUT2D eigenvalue weighted by atomic mass is 16.2. The third-order valence-corrected chi connectivity index (χ3v) is 2.24. The number of nitrogens with zero attached hydrogens (tertiary/aromatic N) is 1. The molecule has 0 aliphatic carbocycles. The number of nitrogens with one attached hydrogen (secondary N) is 1. The fourth-order valence-electron chi connectivity index (χ4n) is 1.34. The molecule has 0 aliphatic heterocycles. The summed E-state index contributed by atoms with van der Waals surface area (Å²) < 4.78 is 0. The molecule has 0 spiro atoms. The first-order chi connectivity index (χ1) is 7.34. The second-order valence-corrected chi connectivity index (χ2v) is 4.80. The zero-order chi connectivity index (χ0) is 12.7. The highest BCUT2D eigenvalue weighted by molar-refractivity contribution is 5.78. The molecular formula is C12H24N2O2. The lowest BCUT2D eigenvalue weighted by molar-refractivity contribution is -0.130. The molecule has 0 unspecified atom stereocenters. The smallest absolute Gasteiger partial charge is 0.222 e. The molecule has 0 fully saturated rings. The molecule has 4 nitrogen and oxygen atoms in total. The fraction of sp³-hybridized carbons (Fsp3) is 0.833. The summed E-state index contributed by atoms with van der Waals surface area (Å²) in [5.74, 6) is 0.543. The van der Waals surface area contributed by atoms with E-state index < -0.39 is 0 Å². The standard InChI is InChI=1S/C12H24N2O2/c1-9(2)8-14(11(5)15)7-6-13-12(16)10(3)4/h9-10H,6-8H2,1-5H3,(H,13,16). The average molecular weight is 228 g/mol. The molecular weight excluding hydrogens is 204 g/mol. The van der Waals surface area contributed by atoms with E-state index in [1.54, 1.807) is 11.8 Å². The molecule has 0 rings (SSSR count). The molecule has 4 heteroatoms. The number of carbonyl (C=O) groups is 2. The van der Waals surface area contributed by atoms with E-state index in [0.717, 1.165) is 6.54 Å². The van der Waals surface area contributed by atoms with Crippen molar-refractivity contribution in [1.29, 1.82) is 0 Å². The SMILES string of the molecule is CC(=O)N(CCNC(=O)C(C)C)CC(C)C. The Labute approximate surface area is 98.4 Å². The zero-order valence-corrected chi connectivity index (χ0v) is 11.0. The predicted octanol–water partition coefficient (Wildman–Crippen LogP) is 1.26. The maximum Gasteiger partial charge on any atom is 0.222 e. The van der Waals surface area contributed by atoms with Gasteiger partial charge in [0.15, 0.2) is 0 Å². The van der Waals surface area contributed by atoms with Gasteiger partial charge in [-0.05, 0) is 5.92 Å². The molecule has 16 heavy (non-hydrogen) atoms. The van der Waals surface area contributed by atoms with Crippen LogP contribution in [0.2, 0.25) is 0 Å².